The highest BCUT2D eigenvalue weighted by molar-refractivity contribution is 5.91. The first-order valence-corrected chi connectivity index (χ1v) is 6.26. The van der Waals surface area contributed by atoms with E-state index in [4.69, 9.17) is 10.2 Å². The maximum Gasteiger partial charge on any atom is 0.287 e. The maximum atomic E-state index is 12.0. The summed E-state index contributed by atoms with van der Waals surface area (Å²) >= 11 is 0. The molecule has 2 aromatic rings. The van der Waals surface area contributed by atoms with E-state index < -0.39 is 0 Å². The van der Waals surface area contributed by atoms with Crippen molar-refractivity contribution >= 4 is 5.91 Å². The van der Waals surface area contributed by atoms with Crippen molar-refractivity contribution in [2.75, 3.05) is 0 Å². The van der Waals surface area contributed by atoms with E-state index in [1.807, 2.05) is 38.1 Å². The minimum absolute atomic E-state index is 0.0699. The monoisotopic (exact) mass is 258 g/mol. The zero-order valence-corrected chi connectivity index (χ0v) is 11.1. The van der Waals surface area contributed by atoms with Gasteiger partial charge in [-0.05, 0) is 31.5 Å². The standard InChI is InChI=1S/C15H18N2O2/c1-10-3-5-12(6-4-10)11(2)17-15(18)14-8-7-13(9-16)19-14/h3-8,11H,9,16H2,1-2H3,(H,17,18)/t11-/m1/s1. The van der Waals surface area contributed by atoms with Crippen LogP contribution in [0.25, 0.3) is 0 Å². The van der Waals surface area contributed by atoms with Gasteiger partial charge >= 0.3 is 0 Å². The molecule has 0 saturated carbocycles. The van der Waals surface area contributed by atoms with E-state index in [1.165, 1.54) is 5.56 Å². The Balaban J connectivity index is 2.04. The van der Waals surface area contributed by atoms with Crippen LogP contribution >= 0.6 is 0 Å². The Hall–Kier alpha value is -2.07. The van der Waals surface area contributed by atoms with Gasteiger partial charge in [-0.1, -0.05) is 29.8 Å². The summed E-state index contributed by atoms with van der Waals surface area (Å²) in [6.45, 7) is 4.26. The number of hydrogen-bond acceptors (Lipinski definition) is 3. The van der Waals surface area contributed by atoms with Gasteiger partial charge in [-0.25, -0.2) is 0 Å². The lowest BCUT2D eigenvalue weighted by Crippen LogP contribution is -2.26. The Bertz CT molecular complexity index is 558. The summed E-state index contributed by atoms with van der Waals surface area (Å²) in [5.41, 5.74) is 7.70. The van der Waals surface area contributed by atoms with E-state index >= 15 is 0 Å². The van der Waals surface area contributed by atoms with Gasteiger partial charge in [0.25, 0.3) is 5.91 Å². The molecule has 0 aliphatic heterocycles. The molecule has 1 heterocycles. The predicted octanol–water partition coefficient (Wildman–Crippen LogP) is 2.54. The van der Waals surface area contributed by atoms with Crippen molar-refractivity contribution in [1.29, 1.82) is 0 Å². The smallest absolute Gasteiger partial charge is 0.287 e. The number of aryl methyl sites for hydroxylation is 1. The van der Waals surface area contributed by atoms with Crippen LogP contribution in [-0.2, 0) is 6.54 Å². The van der Waals surface area contributed by atoms with Gasteiger partial charge in [-0.2, -0.15) is 0 Å². The average Bonchev–Trinajstić information content (AvgIpc) is 2.88. The van der Waals surface area contributed by atoms with Gasteiger partial charge in [0.2, 0.25) is 0 Å². The number of carbonyl (C=O) groups excluding carboxylic acids is 1. The Kier molecular flexibility index (Phi) is 4.02. The van der Waals surface area contributed by atoms with Crippen molar-refractivity contribution in [3.05, 3.63) is 59.0 Å². The van der Waals surface area contributed by atoms with E-state index in [2.05, 4.69) is 5.32 Å². The van der Waals surface area contributed by atoms with Crippen molar-refractivity contribution in [3.8, 4) is 0 Å². The third-order valence-electron chi connectivity index (χ3n) is 3.01. The molecule has 0 spiro atoms. The number of rotatable bonds is 4. The molecule has 0 aliphatic rings. The van der Waals surface area contributed by atoms with Gasteiger partial charge in [0.05, 0.1) is 12.6 Å². The summed E-state index contributed by atoms with van der Waals surface area (Å²) in [6, 6.07) is 11.3. The number of nitrogens with two attached hydrogens (primary N) is 1. The third kappa shape index (κ3) is 3.23. The van der Waals surface area contributed by atoms with Crippen LogP contribution in [0.4, 0.5) is 0 Å². The number of benzene rings is 1. The number of carbonyl (C=O) groups is 1. The summed E-state index contributed by atoms with van der Waals surface area (Å²) < 4.78 is 5.31. The second kappa shape index (κ2) is 5.71. The predicted molar refractivity (Wildman–Crippen MR) is 73.7 cm³/mol. The van der Waals surface area contributed by atoms with Crippen molar-refractivity contribution in [1.82, 2.24) is 5.32 Å². The molecule has 1 aromatic carbocycles. The van der Waals surface area contributed by atoms with E-state index in [-0.39, 0.29) is 11.9 Å². The summed E-state index contributed by atoms with van der Waals surface area (Å²) in [4.78, 5) is 12.0. The van der Waals surface area contributed by atoms with Crippen LogP contribution in [0, 0.1) is 6.92 Å². The number of furan rings is 1. The molecule has 0 radical (unpaired) electrons. The molecule has 0 bridgehead atoms. The lowest BCUT2D eigenvalue weighted by atomic mass is 10.1. The highest BCUT2D eigenvalue weighted by atomic mass is 16.4. The number of amides is 1. The van der Waals surface area contributed by atoms with E-state index in [0.717, 1.165) is 5.56 Å². The Morgan fingerprint density at radius 1 is 1.26 bits per heavy atom. The van der Waals surface area contributed by atoms with Gasteiger partial charge in [-0.3, -0.25) is 4.79 Å². The lowest BCUT2D eigenvalue weighted by molar-refractivity contribution is 0.0910. The van der Waals surface area contributed by atoms with Crippen LogP contribution in [-0.4, -0.2) is 5.91 Å². The van der Waals surface area contributed by atoms with Crippen molar-refractivity contribution < 1.29 is 9.21 Å². The van der Waals surface area contributed by atoms with Crippen LogP contribution in [0.2, 0.25) is 0 Å². The average molecular weight is 258 g/mol. The molecule has 3 N–H and O–H groups in total. The quantitative estimate of drug-likeness (QED) is 0.885. The molecule has 1 amide bonds. The maximum absolute atomic E-state index is 12.0. The second-order valence-corrected chi connectivity index (χ2v) is 4.58. The largest absolute Gasteiger partial charge is 0.455 e. The van der Waals surface area contributed by atoms with Gasteiger partial charge in [0.1, 0.15) is 5.76 Å². The van der Waals surface area contributed by atoms with E-state index in [1.54, 1.807) is 12.1 Å². The second-order valence-electron chi connectivity index (χ2n) is 4.58. The number of hydrogen-bond donors (Lipinski definition) is 2. The molecule has 4 heteroatoms. The molecular weight excluding hydrogens is 240 g/mol. The zero-order chi connectivity index (χ0) is 13.8. The van der Waals surface area contributed by atoms with Crippen molar-refractivity contribution in [2.45, 2.75) is 26.4 Å². The van der Waals surface area contributed by atoms with Crippen molar-refractivity contribution in [3.63, 3.8) is 0 Å². The molecule has 0 aliphatic carbocycles. The fraction of sp³-hybridized carbons (Fsp3) is 0.267. The van der Waals surface area contributed by atoms with Crippen molar-refractivity contribution in [2.24, 2.45) is 5.73 Å². The van der Waals surface area contributed by atoms with Crippen LogP contribution in [0.1, 0.15) is 40.4 Å². The first kappa shape index (κ1) is 13.4. The molecule has 2 rings (SSSR count). The highest BCUT2D eigenvalue weighted by Gasteiger charge is 2.14. The first-order valence-electron chi connectivity index (χ1n) is 6.26. The van der Waals surface area contributed by atoms with Gasteiger partial charge < -0.3 is 15.5 Å². The normalized spacial score (nSPS) is 12.2. The molecule has 0 saturated heterocycles. The topological polar surface area (TPSA) is 68.3 Å². The Morgan fingerprint density at radius 2 is 1.95 bits per heavy atom. The first-order chi connectivity index (χ1) is 9.10. The van der Waals surface area contributed by atoms with Crippen LogP contribution in [0.5, 0.6) is 0 Å². The fourth-order valence-electron chi connectivity index (χ4n) is 1.82. The molecule has 1 atom stereocenters. The van der Waals surface area contributed by atoms with E-state index in [0.29, 0.717) is 18.1 Å². The third-order valence-corrected chi connectivity index (χ3v) is 3.01. The van der Waals surface area contributed by atoms with Gasteiger partial charge in [0.15, 0.2) is 5.76 Å². The Morgan fingerprint density at radius 3 is 2.53 bits per heavy atom. The van der Waals surface area contributed by atoms with E-state index in [9.17, 15) is 4.79 Å². The Labute approximate surface area is 112 Å². The SMILES string of the molecule is Cc1ccc([C@@H](C)NC(=O)c2ccc(CN)o2)cc1. The summed E-state index contributed by atoms with van der Waals surface area (Å²) in [5.74, 6) is 0.667. The molecule has 0 fully saturated rings. The minimum atomic E-state index is -0.229. The molecule has 0 unspecified atom stereocenters. The van der Waals surface area contributed by atoms with Crippen LogP contribution in [0.15, 0.2) is 40.8 Å². The molecular formula is C15H18N2O2. The highest BCUT2D eigenvalue weighted by Crippen LogP contribution is 2.14. The lowest BCUT2D eigenvalue weighted by Gasteiger charge is -2.13. The van der Waals surface area contributed by atoms with Gasteiger partial charge in [0, 0.05) is 0 Å². The molecule has 1 aromatic heterocycles. The minimum Gasteiger partial charge on any atom is -0.455 e. The fourth-order valence-corrected chi connectivity index (χ4v) is 1.82. The zero-order valence-electron chi connectivity index (χ0n) is 11.1. The van der Waals surface area contributed by atoms with Gasteiger partial charge in [-0.15, -0.1) is 0 Å². The molecule has 100 valence electrons. The molecule has 4 nitrogen and oxygen atoms in total. The van der Waals surface area contributed by atoms with Crippen LogP contribution < -0.4 is 11.1 Å². The summed E-state index contributed by atoms with van der Waals surface area (Å²) in [7, 11) is 0. The summed E-state index contributed by atoms with van der Waals surface area (Å²) in [5, 5.41) is 2.90. The van der Waals surface area contributed by atoms with Crippen LogP contribution in [0.3, 0.4) is 0 Å². The molecule has 19 heavy (non-hydrogen) atoms. The summed E-state index contributed by atoms with van der Waals surface area (Å²) in [6.07, 6.45) is 0. The number of nitrogens with one attached hydrogen (secondary N) is 1.